The maximum absolute atomic E-state index is 14.1. The number of piperidine rings is 1. The van der Waals surface area contributed by atoms with Gasteiger partial charge in [-0.1, -0.05) is 6.08 Å². The number of halogens is 2. The number of carbonyl (C=O) groups is 4. The minimum absolute atomic E-state index is 0.161. The molecule has 0 bridgehead atoms. The van der Waals surface area contributed by atoms with E-state index >= 15 is 0 Å². The normalized spacial score (nSPS) is 27.1. The Morgan fingerprint density at radius 2 is 1.75 bits per heavy atom. The monoisotopic (exact) mass is 491 g/mol. The average molecular weight is 491 g/mol. The Bertz CT molecular complexity index is 1400. The maximum Gasteiger partial charge on any atom is 0.255 e. The molecule has 2 heterocycles. The molecule has 2 aliphatic heterocycles. The Kier molecular flexibility index (Phi) is 4.90. The van der Waals surface area contributed by atoms with E-state index in [0.29, 0.717) is 41.5 Å². The Morgan fingerprint density at radius 3 is 2.44 bits per heavy atom. The smallest absolute Gasteiger partial charge is 0.255 e. The number of primary amides is 1. The molecule has 36 heavy (non-hydrogen) atoms. The van der Waals surface area contributed by atoms with Gasteiger partial charge in [-0.3, -0.25) is 24.1 Å². The van der Waals surface area contributed by atoms with Gasteiger partial charge in [0.15, 0.2) is 0 Å². The summed E-state index contributed by atoms with van der Waals surface area (Å²) in [6, 6.07) is 7.11. The van der Waals surface area contributed by atoms with Crippen LogP contribution in [0.1, 0.15) is 63.9 Å². The first-order valence-corrected chi connectivity index (χ1v) is 11.9. The Morgan fingerprint density at radius 1 is 1.03 bits per heavy atom. The van der Waals surface area contributed by atoms with Crippen molar-refractivity contribution in [1.82, 2.24) is 9.80 Å². The molecule has 1 unspecified atom stereocenters. The first kappa shape index (κ1) is 22.6. The van der Waals surface area contributed by atoms with Gasteiger partial charge < -0.3 is 10.6 Å². The van der Waals surface area contributed by atoms with Gasteiger partial charge in [0.2, 0.25) is 11.8 Å². The van der Waals surface area contributed by atoms with Gasteiger partial charge in [0.1, 0.15) is 17.7 Å². The molecule has 2 N–H and O–H groups in total. The molecule has 7 nitrogen and oxygen atoms in total. The second kappa shape index (κ2) is 7.81. The van der Waals surface area contributed by atoms with E-state index in [-0.39, 0.29) is 48.6 Å². The van der Waals surface area contributed by atoms with Crippen LogP contribution in [0.5, 0.6) is 0 Å². The Balaban J connectivity index is 1.16. The molecule has 2 aromatic rings. The van der Waals surface area contributed by atoms with Crippen LogP contribution < -0.4 is 5.73 Å². The van der Waals surface area contributed by atoms with Crippen molar-refractivity contribution in [2.75, 3.05) is 0 Å². The summed E-state index contributed by atoms with van der Waals surface area (Å²) >= 11 is 0. The van der Waals surface area contributed by atoms with Gasteiger partial charge in [-0.05, 0) is 72.6 Å². The molecule has 184 valence electrons. The molecule has 4 aliphatic rings. The molecule has 0 aromatic heterocycles. The van der Waals surface area contributed by atoms with Crippen LogP contribution in [-0.2, 0) is 16.1 Å². The summed E-state index contributed by atoms with van der Waals surface area (Å²) in [6.07, 6.45) is 4.15. The highest BCUT2D eigenvalue weighted by Gasteiger charge is 2.54. The lowest BCUT2D eigenvalue weighted by Crippen LogP contribution is -2.62. The zero-order valence-electron chi connectivity index (χ0n) is 19.3. The summed E-state index contributed by atoms with van der Waals surface area (Å²) < 4.78 is 27.3. The van der Waals surface area contributed by atoms with Crippen LogP contribution in [0.25, 0.3) is 5.57 Å². The van der Waals surface area contributed by atoms with E-state index in [1.807, 2.05) is 6.08 Å². The van der Waals surface area contributed by atoms with Crippen molar-refractivity contribution in [3.05, 3.63) is 76.4 Å². The number of carbonyl (C=O) groups excluding carboxylic acids is 4. The van der Waals surface area contributed by atoms with Crippen molar-refractivity contribution in [1.29, 1.82) is 0 Å². The highest BCUT2D eigenvalue weighted by molar-refractivity contribution is 6.06. The van der Waals surface area contributed by atoms with E-state index in [9.17, 15) is 28.0 Å². The predicted molar refractivity (Wildman–Crippen MR) is 124 cm³/mol. The van der Waals surface area contributed by atoms with Crippen molar-refractivity contribution in [3.8, 4) is 0 Å². The van der Waals surface area contributed by atoms with Crippen LogP contribution in [-0.4, -0.2) is 45.5 Å². The number of nitrogens with zero attached hydrogens (tertiary/aromatic N) is 2. The van der Waals surface area contributed by atoms with E-state index < -0.39 is 23.6 Å². The number of allylic oxidation sites excluding steroid dienone is 2. The minimum Gasteiger partial charge on any atom is -0.366 e. The molecule has 4 amide bonds. The summed E-state index contributed by atoms with van der Waals surface area (Å²) in [5.74, 6) is -2.75. The van der Waals surface area contributed by atoms with Gasteiger partial charge >= 0.3 is 0 Å². The van der Waals surface area contributed by atoms with Gasteiger partial charge in [0.05, 0.1) is 0 Å². The summed E-state index contributed by atoms with van der Waals surface area (Å²) in [6.45, 7) is 0.178. The number of hydrogen-bond donors (Lipinski definition) is 1. The number of imide groups is 1. The van der Waals surface area contributed by atoms with Gasteiger partial charge in [-0.25, -0.2) is 8.78 Å². The summed E-state index contributed by atoms with van der Waals surface area (Å²) in [5, 5.41) is 0. The number of likely N-dealkylation sites (tertiary alicyclic amines) is 1. The third-order valence-electron chi connectivity index (χ3n) is 7.97. The summed E-state index contributed by atoms with van der Waals surface area (Å²) in [4.78, 5) is 53.5. The number of nitrogens with two attached hydrogens (primary N) is 1. The zero-order chi connectivity index (χ0) is 25.4. The molecule has 0 radical (unpaired) electrons. The van der Waals surface area contributed by atoms with Crippen LogP contribution in [0.2, 0.25) is 0 Å². The summed E-state index contributed by atoms with van der Waals surface area (Å²) in [5.41, 5.74) is 7.69. The van der Waals surface area contributed by atoms with E-state index in [0.717, 1.165) is 11.6 Å². The fourth-order valence-electron chi connectivity index (χ4n) is 6.17. The third kappa shape index (κ3) is 3.37. The number of hydrogen-bond acceptors (Lipinski definition) is 4. The fraction of sp³-hybridized carbons (Fsp3) is 0.333. The quantitative estimate of drug-likeness (QED) is 0.664. The van der Waals surface area contributed by atoms with Gasteiger partial charge in [0, 0.05) is 41.8 Å². The molecule has 1 saturated carbocycles. The van der Waals surface area contributed by atoms with Gasteiger partial charge in [-0.2, -0.15) is 0 Å². The SMILES string of the molecule is NC(=O)c1ccc2c(c1)CN(C1CCC(=O)N(C3CC4(C=C(c5ccc(F)cc5F)C4)C3)C1=O)C2=O. The van der Waals surface area contributed by atoms with Crippen LogP contribution in [0, 0.1) is 17.0 Å². The second-order valence-electron chi connectivity index (χ2n) is 10.2. The molecule has 1 atom stereocenters. The fourth-order valence-corrected chi connectivity index (χ4v) is 6.17. The number of benzene rings is 2. The molecular formula is C27H23F2N3O4. The molecule has 2 fully saturated rings. The lowest BCUT2D eigenvalue weighted by molar-refractivity contribution is -0.160. The highest BCUT2D eigenvalue weighted by Crippen LogP contribution is 2.58. The van der Waals surface area contributed by atoms with Crippen LogP contribution in [0.3, 0.4) is 0 Å². The topological polar surface area (TPSA) is 101 Å². The number of amides is 4. The van der Waals surface area contributed by atoms with Crippen molar-refractivity contribution in [3.63, 3.8) is 0 Å². The van der Waals surface area contributed by atoms with E-state index in [4.69, 9.17) is 5.73 Å². The second-order valence-corrected chi connectivity index (χ2v) is 10.2. The van der Waals surface area contributed by atoms with Gasteiger partial charge in [-0.15, -0.1) is 0 Å². The highest BCUT2D eigenvalue weighted by atomic mass is 19.1. The number of fused-ring (bicyclic) bond motifs is 1. The van der Waals surface area contributed by atoms with Crippen molar-refractivity contribution < 1.29 is 28.0 Å². The Hall–Kier alpha value is -3.88. The van der Waals surface area contributed by atoms with Crippen LogP contribution >= 0.6 is 0 Å². The van der Waals surface area contributed by atoms with E-state index in [1.165, 1.54) is 28.0 Å². The zero-order valence-corrected chi connectivity index (χ0v) is 19.3. The molecule has 1 spiro atoms. The molecule has 9 heteroatoms. The molecule has 2 aliphatic carbocycles. The predicted octanol–water partition coefficient (Wildman–Crippen LogP) is 3.17. The van der Waals surface area contributed by atoms with Crippen LogP contribution in [0.15, 0.2) is 42.5 Å². The molecule has 6 rings (SSSR count). The van der Waals surface area contributed by atoms with E-state index in [1.54, 1.807) is 12.1 Å². The lowest BCUT2D eigenvalue weighted by Gasteiger charge is -2.55. The third-order valence-corrected chi connectivity index (χ3v) is 7.97. The first-order chi connectivity index (χ1) is 17.2. The van der Waals surface area contributed by atoms with Crippen molar-refractivity contribution >= 4 is 29.2 Å². The number of rotatable bonds is 4. The average Bonchev–Trinajstić information content (AvgIpc) is 3.10. The van der Waals surface area contributed by atoms with E-state index in [2.05, 4.69) is 0 Å². The summed E-state index contributed by atoms with van der Waals surface area (Å²) in [7, 11) is 0. The minimum atomic E-state index is -0.753. The molecule has 2 aromatic carbocycles. The standard InChI is InChI=1S/C27H23F2N3O4/c28-17-2-4-19(21(29)8-17)16-9-27(10-16)11-18(12-27)32-23(33)6-5-22(26(32)36)31-13-15-7-14(24(30)34)1-3-20(15)25(31)35/h1-4,7-9,18,22H,5-6,10-13H2,(H2,30,34). The molecular weight excluding hydrogens is 468 g/mol. The molecule has 1 saturated heterocycles. The van der Waals surface area contributed by atoms with Crippen molar-refractivity contribution in [2.45, 2.75) is 50.7 Å². The maximum atomic E-state index is 14.1. The first-order valence-electron chi connectivity index (χ1n) is 11.9. The Labute approximate surface area is 205 Å². The van der Waals surface area contributed by atoms with Crippen molar-refractivity contribution in [2.24, 2.45) is 11.1 Å². The van der Waals surface area contributed by atoms with Crippen LogP contribution in [0.4, 0.5) is 8.78 Å². The van der Waals surface area contributed by atoms with Gasteiger partial charge in [0.25, 0.3) is 11.8 Å². The largest absolute Gasteiger partial charge is 0.366 e. The lowest BCUT2D eigenvalue weighted by atomic mass is 9.54.